The molecule has 280 valence electrons. The van der Waals surface area contributed by atoms with E-state index in [9.17, 15) is 9.90 Å². The fraction of sp³-hybridized carbons (Fsp3) is 0.933. The third-order valence-corrected chi connectivity index (χ3v) is 14.3. The Morgan fingerprint density at radius 1 is 0.750 bits per heavy atom. The molecule has 2 N–H and O–H groups in total. The highest BCUT2D eigenvalue weighted by molar-refractivity contribution is 5.66. The summed E-state index contributed by atoms with van der Waals surface area (Å²) in [5.41, 5.74) is 2.60. The smallest absolute Gasteiger partial charge is 0.303 e. The fourth-order valence-electron chi connectivity index (χ4n) is 11.3. The molecule has 3 saturated carbocycles. The van der Waals surface area contributed by atoms with Gasteiger partial charge in [-0.05, 0) is 104 Å². The van der Waals surface area contributed by atoms with Crippen LogP contribution in [0.25, 0.3) is 0 Å². The van der Waals surface area contributed by atoms with Crippen molar-refractivity contribution in [1.82, 2.24) is 0 Å². The molecular weight excluding hydrogens is 588 g/mol. The number of aliphatic carboxylic acids is 1. The molecule has 3 fully saturated rings. The Hall–Kier alpha value is -0.830. The van der Waals surface area contributed by atoms with Gasteiger partial charge in [0.15, 0.2) is 0 Å². The first-order chi connectivity index (χ1) is 23.0. The topological polar surface area (TPSA) is 57.5 Å². The normalized spacial score (nSPS) is 31.7. The van der Waals surface area contributed by atoms with Crippen molar-refractivity contribution in [3.63, 3.8) is 0 Å². The maximum absolute atomic E-state index is 10.3. The molecule has 0 saturated heterocycles. The number of aliphatic hydroxyl groups excluding tert-OH is 1. The van der Waals surface area contributed by atoms with Gasteiger partial charge in [0, 0.05) is 6.42 Å². The Morgan fingerprint density at radius 2 is 1.33 bits per heavy atom. The van der Waals surface area contributed by atoms with Crippen LogP contribution in [0.4, 0.5) is 0 Å². The lowest BCUT2D eigenvalue weighted by atomic mass is 9.47. The summed E-state index contributed by atoms with van der Waals surface area (Å²) in [6.07, 6.45) is 37.4. The Labute approximate surface area is 299 Å². The van der Waals surface area contributed by atoms with Crippen LogP contribution in [0.15, 0.2) is 11.6 Å². The number of unbranched alkanes of at least 4 members (excludes halogenated alkanes) is 14. The van der Waals surface area contributed by atoms with E-state index in [4.69, 9.17) is 5.11 Å². The van der Waals surface area contributed by atoms with Gasteiger partial charge in [-0.3, -0.25) is 4.79 Å². The number of carboxylic acid groups (broad SMARTS) is 1. The average Bonchev–Trinajstić information content (AvgIpc) is 3.40. The monoisotopic (exact) mass is 671 g/mol. The average molecular weight is 671 g/mol. The summed E-state index contributed by atoms with van der Waals surface area (Å²) >= 11 is 0. The summed E-state index contributed by atoms with van der Waals surface area (Å²) < 4.78 is 0. The Morgan fingerprint density at radius 3 is 1.90 bits per heavy atom. The first-order valence-corrected chi connectivity index (χ1v) is 21.6. The van der Waals surface area contributed by atoms with E-state index in [0.717, 1.165) is 61.2 Å². The van der Waals surface area contributed by atoms with E-state index in [1.165, 1.54) is 141 Å². The van der Waals surface area contributed by atoms with Gasteiger partial charge in [-0.2, -0.15) is 0 Å². The number of fused-ring (bicyclic) bond motifs is 5. The zero-order valence-electron chi connectivity index (χ0n) is 33.0. The predicted octanol–water partition coefficient (Wildman–Crippen LogP) is 13.7. The maximum atomic E-state index is 10.3. The highest BCUT2D eigenvalue weighted by Crippen LogP contribution is 2.67. The van der Waals surface area contributed by atoms with Crippen LogP contribution in [0.3, 0.4) is 0 Å². The van der Waals surface area contributed by atoms with Crippen LogP contribution >= 0.6 is 0 Å². The van der Waals surface area contributed by atoms with Crippen molar-refractivity contribution in [3.05, 3.63) is 11.6 Å². The minimum atomic E-state index is -0.653. The molecule has 8 atom stereocenters. The largest absolute Gasteiger partial charge is 0.481 e. The van der Waals surface area contributed by atoms with Crippen LogP contribution in [-0.4, -0.2) is 22.3 Å². The van der Waals surface area contributed by atoms with Gasteiger partial charge in [0.1, 0.15) is 0 Å². The molecule has 4 rings (SSSR count). The molecule has 0 unspecified atom stereocenters. The molecule has 0 aromatic rings. The minimum absolute atomic E-state index is 0.0766. The van der Waals surface area contributed by atoms with Gasteiger partial charge in [-0.1, -0.05) is 162 Å². The number of aliphatic hydroxyl groups is 1. The first kappa shape index (κ1) is 41.6. The Bertz CT molecular complexity index is 923. The number of hydrogen-bond donors (Lipinski definition) is 2. The molecule has 3 heteroatoms. The van der Waals surface area contributed by atoms with Crippen molar-refractivity contribution in [2.75, 3.05) is 0 Å². The highest BCUT2D eigenvalue weighted by Gasteiger charge is 2.59. The summed E-state index contributed by atoms with van der Waals surface area (Å²) in [4.78, 5) is 10.3. The molecule has 0 spiro atoms. The molecule has 48 heavy (non-hydrogen) atoms. The number of carboxylic acids is 1. The van der Waals surface area contributed by atoms with E-state index in [-0.39, 0.29) is 6.10 Å². The van der Waals surface area contributed by atoms with Crippen LogP contribution in [-0.2, 0) is 4.79 Å². The zero-order chi connectivity index (χ0) is 35.0. The van der Waals surface area contributed by atoms with Crippen molar-refractivity contribution in [3.8, 4) is 0 Å². The van der Waals surface area contributed by atoms with Crippen molar-refractivity contribution < 1.29 is 15.0 Å². The number of carbonyl (C=O) groups is 1. The highest BCUT2D eigenvalue weighted by atomic mass is 16.4. The lowest BCUT2D eigenvalue weighted by molar-refractivity contribution is -0.137. The van der Waals surface area contributed by atoms with Gasteiger partial charge in [0.2, 0.25) is 0 Å². The lowest BCUT2D eigenvalue weighted by Crippen LogP contribution is -2.50. The third-order valence-electron chi connectivity index (χ3n) is 14.3. The standard InChI is InChI=1S/C27H46O.C18H36O2/c1-18(2)7-6-8-19(3)23-11-12-24-22-10-9-20-17-21(28)13-15-26(20,4)25(22)14-16-27(23,24)5;1-2-3-4-5-6-7-8-9-10-11-12-13-14-15-16-17-18(19)20/h9,18-19,21-25,28H,6-8,10-17H2,1-5H3;2-17H2,1H3,(H,19,20)/t19-,21+,22+,23-,24+,25+,26+,27-;/m1./s1. The molecule has 0 aliphatic heterocycles. The molecule has 0 amide bonds. The van der Waals surface area contributed by atoms with Gasteiger partial charge in [-0.25, -0.2) is 0 Å². The number of hydrogen-bond acceptors (Lipinski definition) is 2. The number of rotatable bonds is 21. The summed E-state index contributed by atoms with van der Waals surface area (Å²) in [5.74, 6) is 4.80. The summed E-state index contributed by atoms with van der Waals surface area (Å²) in [7, 11) is 0. The molecule has 3 nitrogen and oxygen atoms in total. The lowest BCUT2D eigenvalue weighted by Gasteiger charge is -2.58. The van der Waals surface area contributed by atoms with Crippen LogP contribution < -0.4 is 0 Å². The molecule has 0 radical (unpaired) electrons. The molecule has 0 aromatic carbocycles. The summed E-state index contributed by atoms with van der Waals surface area (Å²) in [6, 6.07) is 0. The second-order valence-corrected chi connectivity index (χ2v) is 18.3. The molecule has 0 heterocycles. The molecule has 4 aliphatic carbocycles. The second-order valence-electron chi connectivity index (χ2n) is 18.3. The number of allylic oxidation sites excluding steroid dienone is 1. The fourth-order valence-corrected chi connectivity index (χ4v) is 11.3. The van der Waals surface area contributed by atoms with Gasteiger partial charge in [0.05, 0.1) is 6.10 Å². The van der Waals surface area contributed by atoms with Gasteiger partial charge in [-0.15, -0.1) is 0 Å². The van der Waals surface area contributed by atoms with Crippen LogP contribution in [0, 0.1) is 46.3 Å². The van der Waals surface area contributed by atoms with Crippen LogP contribution in [0.5, 0.6) is 0 Å². The summed E-state index contributed by atoms with van der Waals surface area (Å²) in [6.45, 7) is 14.8. The predicted molar refractivity (Wildman–Crippen MR) is 206 cm³/mol. The Balaban J connectivity index is 0.000000279. The molecule has 0 bridgehead atoms. The van der Waals surface area contributed by atoms with Crippen molar-refractivity contribution in [1.29, 1.82) is 0 Å². The van der Waals surface area contributed by atoms with Crippen LogP contribution in [0.2, 0.25) is 0 Å². The van der Waals surface area contributed by atoms with Crippen molar-refractivity contribution in [2.45, 2.75) is 221 Å². The maximum Gasteiger partial charge on any atom is 0.303 e. The minimum Gasteiger partial charge on any atom is -0.481 e. The quantitative estimate of drug-likeness (QED) is 0.0944. The van der Waals surface area contributed by atoms with E-state index in [2.05, 4.69) is 47.6 Å². The van der Waals surface area contributed by atoms with E-state index in [1.807, 2.05) is 0 Å². The Kier molecular flexibility index (Phi) is 18.6. The summed E-state index contributed by atoms with van der Waals surface area (Å²) in [5, 5.41) is 18.7. The first-order valence-electron chi connectivity index (χ1n) is 21.6. The van der Waals surface area contributed by atoms with Crippen LogP contribution in [0.1, 0.15) is 215 Å². The third kappa shape index (κ3) is 12.4. The van der Waals surface area contributed by atoms with E-state index < -0.39 is 5.97 Å². The zero-order valence-corrected chi connectivity index (χ0v) is 33.0. The van der Waals surface area contributed by atoms with Gasteiger partial charge < -0.3 is 10.2 Å². The molecule has 4 aliphatic rings. The van der Waals surface area contributed by atoms with Gasteiger partial charge >= 0.3 is 5.97 Å². The van der Waals surface area contributed by atoms with Gasteiger partial charge in [0.25, 0.3) is 0 Å². The van der Waals surface area contributed by atoms with Crippen molar-refractivity contribution >= 4 is 5.97 Å². The van der Waals surface area contributed by atoms with E-state index in [1.54, 1.807) is 5.57 Å². The SMILES string of the molecule is CC(C)CCC[C@@H](C)[C@H]1CC[C@H]2[C@@H]3CC=C4C[C@@H](O)CC[C@]4(C)[C@H]3CC[C@]12C.CCCCCCCCCCCCCCCCCC(=O)O. The van der Waals surface area contributed by atoms with Crippen molar-refractivity contribution in [2.24, 2.45) is 46.3 Å². The second kappa shape index (κ2) is 21.5. The van der Waals surface area contributed by atoms with E-state index in [0.29, 0.717) is 17.3 Å². The van der Waals surface area contributed by atoms with E-state index >= 15 is 0 Å². The molecule has 0 aromatic heterocycles. The molecular formula is C45H82O3.